The number of nitrogens with zero attached hydrogens (tertiary/aromatic N) is 1. The molecule has 0 amide bonds. The predicted molar refractivity (Wildman–Crippen MR) is 64.4 cm³/mol. The highest BCUT2D eigenvalue weighted by Crippen LogP contribution is 2.34. The molecular weight excluding hydrogens is 257 g/mol. The molecule has 3 nitrogen and oxygen atoms in total. The number of rotatable bonds is 3. The van der Waals surface area contributed by atoms with Crippen molar-refractivity contribution in [3.8, 4) is 5.88 Å². The number of halogens is 3. The molecule has 100 valence electrons. The van der Waals surface area contributed by atoms with Crippen LogP contribution < -0.4 is 10.5 Å². The highest BCUT2D eigenvalue weighted by atomic mass is 19.4. The molecule has 0 atom stereocenters. The van der Waals surface area contributed by atoms with Crippen LogP contribution in [0.25, 0.3) is 0 Å². The zero-order valence-electron chi connectivity index (χ0n) is 9.82. The molecule has 0 unspecified atom stereocenters. The maximum absolute atomic E-state index is 12.8. The van der Waals surface area contributed by atoms with Gasteiger partial charge in [-0.25, -0.2) is 4.98 Å². The van der Waals surface area contributed by atoms with Crippen LogP contribution in [0.3, 0.4) is 0 Å². The first-order valence-corrected chi connectivity index (χ1v) is 5.47. The topological polar surface area (TPSA) is 48.1 Å². The zero-order chi connectivity index (χ0) is 13.9. The Bertz CT molecular complexity index is 556. The summed E-state index contributed by atoms with van der Waals surface area (Å²) in [5, 5.41) is 0. The molecule has 19 heavy (non-hydrogen) atoms. The quantitative estimate of drug-likeness (QED) is 0.869. The van der Waals surface area contributed by atoms with Crippen LogP contribution in [0.1, 0.15) is 11.1 Å². The minimum Gasteiger partial charge on any atom is -0.473 e. The minimum atomic E-state index is -4.46. The van der Waals surface area contributed by atoms with Gasteiger partial charge in [0, 0.05) is 23.5 Å². The van der Waals surface area contributed by atoms with Crippen molar-refractivity contribution in [1.82, 2.24) is 4.98 Å². The second kappa shape index (κ2) is 5.17. The minimum absolute atomic E-state index is 0.0470. The van der Waals surface area contributed by atoms with Gasteiger partial charge in [0.25, 0.3) is 0 Å². The van der Waals surface area contributed by atoms with E-state index in [0.29, 0.717) is 0 Å². The molecule has 0 fully saturated rings. The molecule has 1 aromatic carbocycles. The van der Waals surface area contributed by atoms with Gasteiger partial charge in [-0.3, -0.25) is 0 Å². The van der Waals surface area contributed by atoms with Gasteiger partial charge in [0.15, 0.2) is 0 Å². The Morgan fingerprint density at radius 2 is 1.89 bits per heavy atom. The lowest BCUT2D eigenvalue weighted by molar-refractivity contribution is -0.138. The van der Waals surface area contributed by atoms with Crippen LogP contribution in [0.2, 0.25) is 0 Å². The van der Waals surface area contributed by atoms with Crippen LogP contribution in [0.15, 0.2) is 42.6 Å². The fourth-order valence-electron chi connectivity index (χ4n) is 1.61. The van der Waals surface area contributed by atoms with Gasteiger partial charge < -0.3 is 10.5 Å². The van der Waals surface area contributed by atoms with E-state index in [4.69, 9.17) is 10.5 Å². The average molecular weight is 268 g/mol. The van der Waals surface area contributed by atoms with Crippen molar-refractivity contribution in [3.63, 3.8) is 0 Å². The third-order valence-electron chi connectivity index (χ3n) is 2.52. The number of alkyl halides is 3. The number of anilines is 1. The van der Waals surface area contributed by atoms with Crippen LogP contribution >= 0.6 is 0 Å². The van der Waals surface area contributed by atoms with Crippen LogP contribution in [0, 0.1) is 0 Å². The third-order valence-corrected chi connectivity index (χ3v) is 2.52. The number of hydrogen-bond acceptors (Lipinski definition) is 3. The monoisotopic (exact) mass is 268 g/mol. The van der Waals surface area contributed by atoms with Crippen molar-refractivity contribution in [2.24, 2.45) is 0 Å². The Morgan fingerprint density at radius 1 is 1.11 bits per heavy atom. The van der Waals surface area contributed by atoms with Gasteiger partial charge in [-0.2, -0.15) is 13.2 Å². The van der Waals surface area contributed by atoms with E-state index >= 15 is 0 Å². The Hall–Kier alpha value is -2.24. The number of nitrogens with two attached hydrogens (primary N) is 1. The highest BCUT2D eigenvalue weighted by Gasteiger charge is 2.34. The standard InChI is InChI=1S/C13H11F3N2O/c14-13(15,16)10-4-3-5-11(17)9(10)8-19-12-6-1-2-7-18-12/h1-7H,8,17H2. The highest BCUT2D eigenvalue weighted by molar-refractivity contribution is 5.51. The molecule has 0 saturated heterocycles. The summed E-state index contributed by atoms with van der Waals surface area (Å²) in [6.45, 7) is -0.279. The molecule has 0 spiro atoms. The molecule has 2 aromatic rings. The Labute approximate surface area is 107 Å². The first-order valence-electron chi connectivity index (χ1n) is 5.47. The molecule has 1 heterocycles. The van der Waals surface area contributed by atoms with Gasteiger partial charge in [0.2, 0.25) is 5.88 Å². The molecule has 0 aliphatic carbocycles. The van der Waals surface area contributed by atoms with Gasteiger partial charge >= 0.3 is 6.18 Å². The Balaban J connectivity index is 2.25. The Morgan fingerprint density at radius 3 is 2.53 bits per heavy atom. The maximum atomic E-state index is 12.8. The van der Waals surface area contributed by atoms with Crippen LogP contribution in [-0.2, 0) is 12.8 Å². The molecule has 0 bridgehead atoms. The molecule has 0 aliphatic heterocycles. The largest absolute Gasteiger partial charge is 0.473 e. The summed E-state index contributed by atoms with van der Waals surface area (Å²) in [7, 11) is 0. The second-order valence-corrected chi connectivity index (χ2v) is 3.83. The summed E-state index contributed by atoms with van der Waals surface area (Å²) in [6.07, 6.45) is -2.97. The third kappa shape index (κ3) is 3.15. The summed E-state index contributed by atoms with van der Waals surface area (Å²) in [5.74, 6) is 0.249. The number of pyridine rings is 1. The summed E-state index contributed by atoms with van der Waals surface area (Å²) in [4.78, 5) is 3.87. The molecule has 6 heteroatoms. The smallest absolute Gasteiger partial charge is 0.416 e. The van der Waals surface area contributed by atoms with E-state index < -0.39 is 11.7 Å². The second-order valence-electron chi connectivity index (χ2n) is 3.83. The van der Waals surface area contributed by atoms with Crippen molar-refractivity contribution >= 4 is 5.69 Å². The number of aromatic nitrogens is 1. The number of nitrogen functional groups attached to an aromatic ring is 1. The van der Waals surface area contributed by atoms with E-state index in [9.17, 15) is 13.2 Å². The molecular formula is C13H11F3N2O. The maximum Gasteiger partial charge on any atom is 0.416 e. The molecule has 0 saturated carbocycles. The molecule has 0 aliphatic rings. The van der Waals surface area contributed by atoms with Crippen LogP contribution in [0.5, 0.6) is 5.88 Å². The SMILES string of the molecule is Nc1cccc(C(F)(F)F)c1COc1ccccn1. The fraction of sp³-hybridized carbons (Fsp3) is 0.154. The lowest BCUT2D eigenvalue weighted by atomic mass is 10.1. The zero-order valence-corrected chi connectivity index (χ0v) is 9.82. The van der Waals surface area contributed by atoms with Crippen molar-refractivity contribution in [2.45, 2.75) is 12.8 Å². The van der Waals surface area contributed by atoms with Gasteiger partial charge in [-0.15, -0.1) is 0 Å². The lowest BCUT2D eigenvalue weighted by Gasteiger charge is -2.15. The van der Waals surface area contributed by atoms with Crippen molar-refractivity contribution in [3.05, 3.63) is 53.7 Å². The van der Waals surface area contributed by atoms with Gasteiger partial charge in [-0.05, 0) is 18.2 Å². The first kappa shape index (κ1) is 13.2. The first-order chi connectivity index (χ1) is 8.98. The van der Waals surface area contributed by atoms with E-state index in [-0.39, 0.29) is 23.7 Å². The van der Waals surface area contributed by atoms with E-state index in [1.165, 1.54) is 18.3 Å². The summed E-state index contributed by atoms with van der Waals surface area (Å²) in [5.41, 5.74) is 4.76. The summed E-state index contributed by atoms with van der Waals surface area (Å²) < 4.78 is 43.7. The molecule has 1 aromatic heterocycles. The molecule has 0 radical (unpaired) electrons. The normalized spacial score (nSPS) is 11.3. The average Bonchev–Trinajstić information content (AvgIpc) is 2.37. The van der Waals surface area contributed by atoms with E-state index in [0.717, 1.165) is 6.07 Å². The lowest BCUT2D eigenvalue weighted by Crippen LogP contribution is -2.13. The Kier molecular flexibility index (Phi) is 3.59. The van der Waals surface area contributed by atoms with Gasteiger partial charge in [-0.1, -0.05) is 12.1 Å². The molecule has 2 N–H and O–H groups in total. The molecule has 2 rings (SSSR count). The van der Waals surface area contributed by atoms with Crippen LogP contribution in [-0.4, -0.2) is 4.98 Å². The number of hydrogen-bond donors (Lipinski definition) is 1. The fourth-order valence-corrected chi connectivity index (χ4v) is 1.61. The number of benzene rings is 1. The van der Waals surface area contributed by atoms with Crippen molar-refractivity contribution in [2.75, 3.05) is 5.73 Å². The van der Waals surface area contributed by atoms with Crippen molar-refractivity contribution in [1.29, 1.82) is 0 Å². The van der Waals surface area contributed by atoms with E-state index in [2.05, 4.69) is 4.98 Å². The van der Waals surface area contributed by atoms with Gasteiger partial charge in [0.1, 0.15) is 6.61 Å². The van der Waals surface area contributed by atoms with E-state index in [1.807, 2.05) is 0 Å². The number of ether oxygens (including phenoxy) is 1. The van der Waals surface area contributed by atoms with Crippen molar-refractivity contribution < 1.29 is 17.9 Å². The van der Waals surface area contributed by atoms with Gasteiger partial charge in [0.05, 0.1) is 5.56 Å². The summed E-state index contributed by atoms with van der Waals surface area (Å²) >= 11 is 0. The summed E-state index contributed by atoms with van der Waals surface area (Å²) in [6, 6.07) is 8.58. The van der Waals surface area contributed by atoms with E-state index in [1.54, 1.807) is 18.2 Å². The van der Waals surface area contributed by atoms with Crippen LogP contribution in [0.4, 0.5) is 18.9 Å². The predicted octanol–water partition coefficient (Wildman–Crippen LogP) is 3.26.